The third-order valence-electron chi connectivity index (χ3n) is 2.08. The van der Waals surface area contributed by atoms with E-state index >= 15 is 0 Å². The molecule has 1 aromatic carbocycles. The quantitative estimate of drug-likeness (QED) is 0.532. The Hall–Kier alpha value is -0.160. The summed E-state index contributed by atoms with van der Waals surface area (Å²) in [6.45, 7) is -1.36. The lowest BCUT2D eigenvalue weighted by molar-refractivity contribution is -0.174. The van der Waals surface area contributed by atoms with Gasteiger partial charge in [-0.15, -0.1) is 11.6 Å². The lowest BCUT2D eigenvalue weighted by Crippen LogP contribution is -2.17. The van der Waals surface area contributed by atoms with Crippen LogP contribution >= 0.6 is 34.8 Å². The average Bonchev–Trinajstić information content (AvgIpc) is 2.22. The maximum Gasteiger partial charge on any atom is 0.411 e. The van der Waals surface area contributed by atoms with E-state index in [1.165, 1.54) is 6.07 Å². The summed E-state index contributed by atoms with van der Waals surface area (Å²) in [6.07, 6.45) is -4.08. The van der Waals surface area contributed by atoms with Crippen LogP contribution in [0.1, 0.15) is 17.4 Å². The maximum absolute atomic E-state index is 11.8. The number of benzene rings is 1. The van der Waals surface area contributed by atoms with E-state index in [1.807, 2.05) is 0 Å². The lowest BCUT2D eigenvalue weighted by atomic mass is 10.1. The van der Waals surface area contributed by atoms with Gasteiger partial charge in [-0.3, -0.25) is 0 Å². The van der Waals surface area contributed by atoms with Crippen LogP contribution in [0.2, 0.25) is 10.0 Å². The fraction of sp³-hybridized carbons (Fsp3) is 0.455. The van der Waals surface area contributed by atoms with Gasteiger partial charge in [0.2, 0.25) is 0 Å². The summed E-state index contributed by atoms with van der Waals surface area (Å²) in [6, 6.07) is 4.80. The van der Waals surface area contributed by atoms with Crippen LogP contribution in [-0.4, -0.2) is 19.4 Å². The van der Waals surface area contributed by atoms with Gasteiger partial charge in [0.15, 0.2) is 0 Å². The molecule has 0 aromatic heterocycles. The first-order chi connectivity index (χ1) is 8.29. The topological polar surface area (TPSA) is 9.23 Å². The average molecular weight is 322 g/mol. The molecule has 0 bridgehead atoms. The fourth-order valence-corrected chi connectivity index (χ4v) is 2.16. The zero-order valence-electron chi connectivity index (χ0n) is 9.11. The van der Waals surface area contributed by atoms with E-state index in [-0.39, 0.29) is 13.0 Å². The number of ether oxygens (including phenoxy) is 1. The molecule has 0 N–H and O–H groups in total. The first kappa shape index (κ1) is 15.9. The highest BCUT2D eigenvalue weighted by molar-refractivity contribution is 6.35. The Labute approximate surface area is 118 Å². The molecule has 0 saturated carbocycles. The highest BCUT2D eigenvalue weighted by Gasteiger charge is 2.27. The van der Waals surface area contributed by atoms with Crippen molar-refractivity contribution in [3.05, 3.63) is 33.8 Å². The summed E-state index contributed by atoms with van der Waals surface area (Å²) in [5.41, 5.74) is 0.623. The van der Waals surface area contributed by atoms with Gasteiger partial charge in [-0.05, 0) is 24.1 Å². The van der Waals surface area contributed by atoms with Crippen LogP contribution in [0, 0.1) is 0 Å². The lowest BCUT2D eigenvalue weighted by Gasteiger charge is -2.13. The number of alkyl halides is 4. The van der Waals surface area contributed by atoms with Crippen molar-refractivity contribution < 1.29 is 17.9 Å². The van der Waals surface area contributed by atoms with Crippen LogP contribution in [0.4, 0.5) is 13.2 Å². The van der Waals surface area contributed by atoms with Gasteiger partial charge >= 0.3 is 6.18 Å². The molecule has 1 nitrogen and oxygen atoms in total. The number of rotatable bonds is 5. The van der Waals surface area contributed by atoms with Crippen molar-refractivity contribution in [2.24, 2.45) is 0 Å². The maximum atomic E-state index is 11.8. The van der Waals surface area contributed by atoms with E-state index in [4.69, 9.17) is 34.8 Å². The molecule has 1 atom stereocenters. The number of hydrogen-bond donors (Lipinski definition) is 0. The number of hydrogen-bond acceptors (Lipinski definition) is 1. The van der Waals surface area contributed by atoms with Gasteiger partial charge in [0, 0.05) is 16.7 Å². The predicted molar refractivity (Wildman–Crippen MR) is 66.5 cm³/mol. The van der Waals surface area contributed by atoms with Crippen LogP contribution < -0.4 is 0 Å². The summed E-state index contributed by atoms with van der Waals surface area (Å²) in [5, 5.41) is 0.349. The van der Waals surface area contributed by atoms with E-state index in [0.29, 0.717) is 15.6 Å². The molecular weight excluding hydrogens is 311 g/mol. The van der Waals surface area contributed by atoms with Gasteiger partial charge in [0.1, 0.15) is 6.61 Å². The van der Waals surface area contributed by atoms with E-state index in [1.54, 1.807) is 12.1 Å². The van der Waals surface area contributed by atoms with E-state index in [0.717, 1.165) is 0 Å². The van der Waals surface area contributed by atoms with Crippen molar-refractivity contribution >= 4 is 34.8 Å². The van der Waals surface area contributed by atoms with Crippen LogP contribution in [0.15, 0.2) is 18.2 Å². The Balaban J connectivity index is 2.43. The second-order valence-electron chi connectivity index (χ2n) is 3.59. The molecule has 0 radical (unpaired) electrons. The van der Waals surface area contributed by atoms with Crippen molar-refractivity contribution in [2.45, 2.75) is 18.0 Å². The van der Waals surface area contributed by atoms with Crippen LogP contribution in [0.5, 0.6) is 0 Å². The molecule has 0 aliphatic carbocycles. The highest BCUT2D eigenvalue weighted by atomic mass is 35.5. The van der Waals surface area contributed by atoms with Gasteiger partial charge in [0.25, 0.3) is 0 Å². The molecule has 0 aliphatic rings. The van der Waals surface area contributed by atoms with Gasteiger partial charge in [0.05, 0.1) is 5.38 Å². The monoisotopic (exact) mass is 320 g/mol. The van der Waals surface area contributed by atoms with Crippen molar-refractivity contribution in [1.82, 2.24) is 0 Å². The molecule has 0 saturated heterocycles. The third-order valence-corrected chi connectivity index (χ3v) is 3.10. The van der Waals surface area contributed by atoms with Gasteiger partial charge in [-0.2, -0.15) is 13.2 Å². The summed E-state index contributed by atoms with van der Waals surface area (Å²) in [5.74, 6) is 0. The first-order valence-corrected chi connectivity index (χ1v) is 6.22. The normalized spacial score (nSPS) is 13.7. The third kappa shape index (κ3) is 5.65. The van der Waals surface area contributed by atoms with Gasteiger partial charge < -0.3 is 4.74 Å². The second-order valence-corrected chi connectivity index (χ2v) is 4.96. The molecule has 0 amide bonds. The van der Waals surface area contributed by atoms with Crippen LogP contribution in [0.3, 0.4) is 0 Å². The molecule has 0 fully saturated rings. The molecular formula is C11H10Cl3F3O. The minimum absolute atomic E-state index is 0.0906. The SMILES string of the molecule is FC(F)(F)COCCC(Cl)c1ccc(Cl)cc1Cl. The molecule has 7 heteroatoms. The van der Waals surface area contributed by atoms with E-state index in [2.05, 4.69) is 4.74 Å². The molecule has 0 aliphatic heterocycles. The molecule has 0 spiro atoms. The zero-order valence-corrected chi connectivity index (χ0v) is 11.4. The van der Waals surface area contributed by atoms with Crippen LogP contribution in [0.25, 0.3) is 0 Å². The van der Waals surface area contributed by atoms with E-state index < -0.39 is 18.2 Å². The highest BCUT2D eigenvalue weighted by Crippen LogP contribution is 2.32. The van der Waals surface area contributed by atoms with Crippen LogP contribution in [-0.2, 0) is 4.74 Å². The Kier molecular flexibility index (Phi) is 6.05. The summed E-state index contributed by atoms with van der Waals surface area (Å²) in [4.78, 5) is 0. The minimum Gasteiger partial charge on any atom is -0.372 e. The Morgan fingerprint density at radius 2 is 1.89 bits per heavy atom. The summed E-state index contributed by atoms with van der Waals surface area (Å²) >= 11 is 17.7. The van der Waals surface area contributed by atoms with Crippen molar-refractivity contribution in [1.29, 1.82) is 0 Å². The number of halogens is 6. The van der Waals surface area contributed by atoms with Gasteiger partial charge in [-0.1, -0.05) is 29.3 Å². The summed E-state index contributed by atoms with van der Waals surface area (Å²) in [7, 11) is 0. The van der Waals surface area contributed by atoms with E-state index in [9.17, 15) is 13.2 Å². The van der Waals surface area contributed by atoms with Crippen molar-refractivity contribution in [3.63, 3.8) is 0 Å². The molecule has 1 rings (SSSR count). The Bertz CT molecular complexity index is 396. The fourth-order valence-electron chi connectivity index (χ4n) is 1.29. The molecule has 0 heterocycles. The van der Waals surface area contributed by atoms with Crippen molar-refractivity contribution in [2.75, 3.05) is 13.2 Å². The van der Waals surface area contributed by atoms with Gasteiger partial charge in [-0.25, -0.2) is 0 Å². The molecule has 1 aromatic rings. The predicted octanol–water partition coefficient (Wildman–Crippen LogP) is 5.24. The van der Waals surface area contributed by atoms with Crippen molar-refractivity contribution in [3.8, 4) is 0 Å². The Morgan fingerprint density at radius 3 is 2.44 bits per heavy atom. The second kappa shape index (κ2) is 6.85. The minimum atomic E-state index is -4.32. The molecule has 102 valence electrons. The standard InChI is InChI=1S/C11H10Cl3F3O/c12-7-1-2-8(10(14)5-7)9(13)3-4-18-6-11(15,16)17/h1-2,5,9H,3-4,6H2. The smallest absolute Gasteiger partial charge is 0.372 e. The summed E-state index contributed by atoms with van der Waals surface area (Å²) < 4.78 is 39.9. The largest absolute Gasteiger partial charge is 0.411 e. The molecule has 18 heavy (non-hydrogen) atoms. The first-order valence-electron chi connectivity index (χ1n) is 5.03. The Morgan fingerprint density at radius 1 is 1.22 bits per heavy atom. The zero-order chi connectivity index (χ0) is 13.8. The molecule has 1 unspecified atom stereocenters.